The third-order valence-corrected chi connectivity index (χ3v) is 4.93. The van der Waals surface area contributed by atoms with Gasteiger partial charge in [-0.25, -0.2) is 0 Å². The van der Waals surface area contributed by atoms with E-state index in [2.05, 4.69) is 5.10 Å². The number of hydrogen-bond donors (Lipinski definition) is 0. The van der Waals surface area contributed by atoms with E-state index in [0.717, 1.165) is 36.1 Å². The zero-order valence-electron chi connectivity index (χ0n) is 14.4. The summed E-state index contributed by atoms with van der Waals surface area (Å²) in [6, 6.07) is 7.65. The van der Waals surface area contributed by atoms with Crippen molar-refractivity contribution >= 4 is 16.9 Å². The van der Waals surface area contributed by atoms with Crippen LogP contribution in [0, 0.1) is 6.92 Å². The Morgan fingerprint density at radius 1 is 1.44 bits per heavy atom. The van der Waals surface area contributed by atoms with Crippen molar-refractivity contribution < 1.29 is 13.9 Å². The number of aryl methyl sites for hydroxylation is 1. The molecule has 2 aromatic heterocycles. The third-order valence-electron chi connectivity index (χ3n) is 4.93. The predicted molar refractivity (Wildman–Crippen MR) is 93.8 cm³/mol. The number of benzene rings is 1. The highest BCUT2D eigenvalue weighted by molar-refractivity contribution is 5.99. The van der Waals surface area contributed by atoms with Gasteiger partial charge in [-0.1, -0.05) is 0 Å². The molecule has 25 heavy (non-hydrogen) atoms. The minimum absolute atomic E-state index is 0.0395. The molecule has 1 fully saturated rings. The lowest BCUT2D eigenvalue weighted by atomic mass is 10.1. The van der Waals surface area contributed by atoms with E-state index >= 15 is 0 Å². The van der Waals surface area contributed by atoms with Gasteiger partial charge in [-0.15, -0.1) is 0 Å². The first-order valence-corrected chi connectivity index (χ1v) is 8.53. The second-order valence-corrected chi connectivity index (χ2v) is 6.44. The van der Waals surface area contributed by atoms with Gasteiger partial charge in [0.05, 0.1) is 19.7 Å². The maximum Gasteiger partial charge on any atom is 0.290 e. The summed E-state index contributed by atoms with van der Waals surface area (Å²) in [6.07, 6.45) is 5.68. The molecule has 1 aliphatic rings. The van der Waals surface area contributed by atoms with Gasteiger partial charge >= 0.3 is 0 Å². The quantitative estimate of drug-likeness (QED) is 0.732. The molecule has 1 aliphatic heterocycles. The smallest absolute Gasteiger partial charge is 0.290 e. The number of carbonyl (C=O) groups excluding carboxylic acids is 1. The zero-order valence-corrected chi connectivity index (χ0v) is 14.4. The Labute approximate surface area is 146 Å². The standard InChI is InChI=1S/C19H21N3O3/c1-13-16-11-15(24-2)6-7-17(16)25-18(13)19(23)22-10-3-5-14(22)12-21-9-4-8-20-21/h4,6-9,11,14H,3,5,10,12H2,1-2H3/t14-/m1/s1. The molecule has 0 bridgehead atoms. The number of aromatic nitrogens is 2. The molecule has 1 atom stereocenters. The minimum Gasteiger partial charge on any atom is -0.497 e. The molecule has 1 aromatic carbocycles. The highest BCUT2D eigenvalue weighted by Crippen LogP contribution is 2.31. The molecule has 3 heterocycles. The Morgan fingerprint density at radius 3 is 3.08 bits per heavy atom. The minimum atomic E-state index is -0.0395. The summed E-state index contributed by atoms with van der Waals surface area (Å²) in [5.41, 5.74) is 1.58. The fraction of sp³-hybridized carbons (Fsp3) is 0.368. The van der Waals surface area contributed by atoms with Gasteiger partial charge in [0.15, 0.2) is 5.76 Å². The SMILES string of the molecule is COc1ccc2oc(C(=O)N3CCC[C@@H]3Cn3cccn3)c(C)c2c1. The Balaban J connectivity index is 1.63. The molecule has 3 aromatic rings. The topological polar surface area (TPSA) is 60.5 Å². The molecule has 0 aliphatic carbocycles. The normalized spacial score (nSPS) is 17.4. The van der Waals surface area contributed by atoms with Gasteiger partial charge < -0.3 is 14.1 Å². The molecule has 0 unspecified atom stereocenters. The molecule has 0 saturated carbocycles. The van der Waals surface area contributed by atoms with E-state index in [0.29, 0.717) is 17.9 Å². The second kappa shape index (κ2) is 6.27. The van der Waals surface area contributed by atoms with Crippen molar-refractivity contribution in [2.75, 3.05) is 13.7 Å². The van der Waals surface area contributed by atoms with Gasteiger partial charge in [0.25, 0.3) is 5.91 Å². The summed E-state index contributed by atoms with van der Waals surface area (Å²) in [4.78, 5) is 15.0. The van der Waals surface area contributed by atoms with Crippen LogP contribution < -0.4 is 4.74 Å². The first-order chi connectivity index (χ1) is 12.2. The number of carbonyl (C=O) groups is 1. The van der Waals surface area contributed by atoms with Crippen LogP contribution in [0.2, 0.25) is 0 Å². The van der Waals surface area contributed by atoms with Gasteiger partial charge in [-0.05, 0) is 44.0 Å². The van der Waals surface area contributed by atoms with Crippen LogP contribution in [0.25, 0.3) is 11.0 Å². The van der Waals surface area contributed by atoms with Crippen LogP contribution in [-0.4, -0.2) is 40.3 Å². The van der Waals surface area contributed by atoms with Crippen molar-refractivity contribution in [3.05, 3.63) is 48.0 Å². The number of hydrogen-bond acceptors (Lipinski definition) is 4. The van der Waals surface area contributed by atoms with E-state index in [9.17, 15) is 4.79 Å². The number of fused-ring (bicyclic) bond motifs is 1. The number of nitrogens with zero attached hydrogens (tertiary/aromatic N) is 3. The molecular weight excluding hydrogens is 318 g/mol. The molecule has 130 valence electrons. The monoisotopic (exact) mass is 339 g/mol. The van der Waals surface area contributed by atoms with Crippen LogP contribution in [-0.2, 0) is 6.54 Å². The fourth-order valence-electron chi connectivity index (χ4n) is 3.58. The number of amides is 1. The maximum absolute atomic E-state index is 13.1. The van der Waals surface area contributed by atoms with Crippen molar-refractivity contribution in [3.63, 3.8) is 0 Å². The van der Waals surface area contributed by atoms with Gasteiger partial charge in [0.1, 0.15) is 11.3 Å². The lowest BCUT2D eigenvalue weighted by Crippen LogP contribution is -2.38. The van der Waals surface area contributed by atoms with E-state index < -0.39 is 0 Å². The van der Waals surface area contributed by atoms with Gasteiger partial charge in [0, 0.05) is 29.9 Å². The summed E-state index contributed by atoms with van der Waals surface area (Å²) >= 11 is 0. The molecule has 6 nitrogen and oxygen atoms in total. The number of furan rings is 1. The van der Waals surface area contributed by atoms with Crippen LogP contribution in [0.5, 0.6) is 5.75 Å². The number of likely N-dealkylation sites (tertiary alicyclic amines) is 1. The lowest BCUT2D eigenvalue weighted by Gasteiger charge is -2.24. The maximum atomic E-state index is 13.1. The average molecular weight is 339 g/mol. The van der Waals surface area contributed by atoms with Crippen molar-refractivity contribution in [3.8, 4) is 5.75 Å². The van der Waals surface area contributed by atoms with Gasteiger partial charge in [-0.3, -0.25) is 9.48 Å². The number of methoxy groups -OCH3 is 1. The number of ether oxygens (including phenoxy) is 1. The highest BCUT2D eigenvalue weighted by atomic mass is 16.5. The Morgan fingerprint density at radius 2 is 2.32 bits per heavy atom. The lowest BCUT2D eigenvalue weighted by molar-refractivity contribution is 0.0690. The zero-order chi connectivity index (χ0) is 17.4. The average Bonchev–Trinajstić information content (AvgIpc) is 3.36. The van der Waals surface area contributed by atoms with Crippen LogP contribution in [0.15, 0.2) is 41.1 Å². The molecule has 0 N–H and O–H groups in total. The summed E-state index contributed by atoms with van der Waals surface area (Å²) < 4.78 is 13.0. The van der Waals surface area contributed by atoms with Crippen LogP contribution in [0.1, 0.15) is 29.0 Å². The van der Waals surface area contributed by atoms with Crippen molar-refractivity contribution in [1.82, 2.24) is 14.7 Å². The molecule has 0 radical (unpaired) electrons. The molecule has 6 heteroatoms. The second-order valence-electron chi connectivity index (χ2n) is 6.44. The summed E-state index contributed by atoms with van der Waals surface area (Å²) in [7, 11) is 1.63. The van der Waals surface area contributed by atoms with Crippen LogP contribution in [0.3, 0.4) is 0 Å². The van der Waals surface area contributed by atoms with E-state index in [-0.39, 0.29) is 11.9 Å². The number of rotatable bonds is 4. The first-order valence-electron chi connectivity index (χ1n) is 8.53. The van der Waals surface area contributed by atoms with Crippen molar-refractivity contribution in [2.45, 2.75) is 32.4 Å². The highest BCUT2D eigenvalue weighted by Gasteiger charge is 2.32. The van der Waals surface area contributed by atoms with E-state index in [4.69, 9.17) is 9.15 Å². The molecule has 0 spiro atoms. The van der Waals surface area contributed by atoms with Gasteiger partial charge in [0.2, 0.25) is 0 Å². The van der Waals surface area contributed by atoms with E-state index in [1.165, 1.54) is 0 Å². The third kappa shape index (κ3) is 2.77. The Bertz CT molecular complexity index is 898. The Hall–Kier alpha value is -2.76. The summed E-state index contributed by atoms with van der Waals surface area (Å²) in [5, 5.41) is 5.18. The molecule has 4 rings (SSSR count). The summed E-state index contributed by atoms with van der Waals surface area (Å²) in [6.45, 7) is 3.40. The van der Waals surface area contributed by atoms with Crippen molar-refractivity contribution in [2.24, 2.45) is 0 Å². The fourth-order valence-corrected chi connectivity index (χ4v) is 3.58. The van der Waals surface area contributed by atoms with Crippen LogP contribution in [0.4, 0.5) is 0 Å². The molecular formula is C19H21N3O3. The first kappa shape index (κ1) is 15.7. The van der Waals surface area contributed by atoms with E-state index in [1.807, 2.05) is 47.0 Å². The van der Waals surface area contributed by atoms with Crippen LogP contribution >= 0.6 is 0 Å². The van der Waals surface area contributed by atoms with Gasteiger partial charge in [-0.2, -0.15) is 5.10 Å². The Kier molecular flexibility index (Phi) is 3.95. The van der Waals surface area contributed by atoms with Crippen molar-refractivity contribution in [1.29, 1.82) is 0 Å². The molecule has 1 saturated heterocycles. The predicted octanol–water partition coefficient (Wildman–Crippen LogP) is 3.25. The summed E-state index contributed by atoms with van der Waals surface area (Å²) in [5.74, 6) is 1.14. The molecule has 1 amide bonds. The largest absolute Gasteiger partial charge is 0.497 e. The van der Waals surface area contributed by atoms with E-state index in [1.54, 1.807) is 13.3 Å².